The van der Waals surface area contributed by atoms with Gasteiger partial charge in [-0.05, 0) is 12.5 Å². The second kappa shape index (κ2) is 4.87. The third-order valence-corrected chi connectivity index (χ3v) is 0.905. The molecule has 0 saturated heterocycles. The first-order chi connectivity index (χ1) is 5.93. The minimum absolute atomic E-state index is 0.0648. The van der Waals surface area contributed by atoms with Gasteiger partial charge in [-0.3, -0.25) is 0 Å². The quantitative estimate of drug-likeness (QED) is 0.294. The average Bonchev–Trinajstić information content (AvgIpc) is 2.35. The summed E-state index contributed by atoms with van der Waals surface area (Å²) < 4.78 is 3.97. The summed E-state index contributed by atoms with van der Waals surface area (Å²) in [6.45, 7) is 4.48. The highest BCUT2D eigenvalue weighted by Crippen LogP contribution is 1.92. The van der Waals surface area contributed by atoms with Gasteiger partial charge in [0.2, 0.25) is 0 Å². The molecule has 5 heteroatoms. The van der Waals surface area contributed by atoms with E-state index in [-0.39, 0.29) is 5.57 Å². The average molecular weight is 183 g/mol. The number of ether oxygens (including phenoxy) is 1. The fourth-order valence-electron chi connectivity index (χ4n) is 0.303. The maximum absolute atomic E-state index is 9.92. The molecule has 0 aromatic rings. The van der Waals surface area contributed by atoms with E-state index in [1.165, 1.54) is 6.92 Å². The summed E-state index contributed by atoms with van der Waals surface area (Å²) >= 11 is 0. The lowest BCUT2D eigenvalue weighted by molar-refractivity contribution is -0.299. The predicted octanol–water partition coefficient (Wildman–Crippen LogP) is -1.06. The van der Waals surface area contributed by atoms with Crippen LogP contribution in [0.1, 0.15) is 6.92 Å². The lowest BCUT2D eigenvalue weighted by Crippen LogP contribution is -2.22. The molecule has 0 aliphatic carbocycles. The number of carboxylic acids is 1. The SMILES string of the molecule is C=C(C)C(=O)[O-].O=C1C=CC(=O)O1. The zero-order chi connectivity index (χ0) is 10.4. The first-order valence-corrected chi connectivity index (χ1v) is 3.24. The Morgan fingerprint density at radius 1 is 1.38 bits per heavy atom. The molecule has 0 amide bonds. The van der Waals surface area contributed by atoms with Crippen LogP contribution in [-0.4, -0.2) is 17.9 Å². The highest BCUT2D eigenvalue weighted by Gasteiger charge is 2.10. The van der Waals surface area contributed by atoms with Crippen molar-refractivity contribution in [3.05, 3.63) is 24.3 Å². The van der Waals surface area contributed by atoms with Crippen LogP contribution in [0.25, 0.3) is 0 Å². The van der Waals surface area contributed by atoms with Gasteiger partial charge in [0.05, 0.1) is 5.97 Å². The molecule has 1 heterocycles. The Morgan fingerprint density at radius 3 is 1.77 bits per heavy atom. The number of cyclic esters (lactones) is 2. The first-order valence-electron chi connectivity index (χ1n) is 3.24. The molecule has 13 heavy (non-hydrogen) atoms. The van der Waals surface area contributed by atoms with Crippen LogP contribution < -0.4 is 5.11 Å². The summed E-state index contributed by atoms with van der Waals surface area (Å²) in [6.07, 6.45) is 2.17. The summed E-state index contributed by atoms with van der Waals surface area (Å²) in [5.74, 6) is -2.34. The molecule has 0 atom stereocenters. The molecular weight excluding hydrogens is 176 g/mol. The molecule has 0 spiro atoms. The van der Waals surface area contributed by atoms with E-state index in [4.69, 9.17) is 0 Å². The third kappa shape index (κ3) is 5.37. The predicted molar refractivity (Wildman–Crippen MR) is 40.1 cm³/mol. The number of hydrogen-bond donors (Lipinski definition) is 0. The summed E-state index contributed by atoms with van der Waals surface area (Å²) in [7, 11) is 0. The lowest BCUT2D eigenvalue weighted by atomic mass is 10.4. The van der Waals surface area contributed by atoms with E-state index in [0.29, 0.717) is 0 Å². The number of carbonyl (C=O) groups excluding carboxylic acids is 3. The molecular formula is C8H7O5-. The molecule has 0 saturated carbocycles. The number of carboxylic acid groups (broad SMARTS) is 1. The van der Waals surface area contributed by atoms with E-state index in [2.05, 4.69) is 11.3 Å². The van der Waals surface area contributed by atoms with Crippen LogP contribution in [0, 0.1) is 0 Å². The van der Waals surface area contributed by atoms with Gasteiger partial charge >= 0.3 is 11.9 Å². The Balaban J connectivity index is 0.000000226. The Bertz CT molecular complexity index is 259. The molecule has 0 aromatic heterocycles. The molecule has 0 N–H and O–H groups in total. The van der Waals surface area contributed by atoms with Gasteiger partial charge in [-0.2, -0.15) is 0 Å². The van der Waals surface area contributed by atoms with Crippen molar-refractivity contribution in [2.75, 3.05) is 0 Å². The smallest absolute Gasteiger partial charge is 0.338 e. The number of carbonyl (C=O) groups is 3. The van der Waals surface area contributed by atoms with Crippen LogP contribution >= 0.6 is 0 Å². The molecule has 0 bridgehead atoms. The number of esters is 2. The Kier molecular flexibility index (Phi) is 4.15. The van der Waals surface area contributed by atoms with E-state index >= 15 is 0 Å². The van der Waals surface area contributed by atoms with E-state index in [0.717, 1.165) is 12.2 Å². The van der Waals surface area contributed by atoms with Crippen LogP contribution in [0.3, 0.4) is 0 Å². The van der Waals surface area contributed by atoms with Crippen molar-refractivity contribution in [3.63, 3.8) is 0 Å². The summed E-state index contributed by atoms with van der Waals surface area (Å²) in [6, 6.07) is 0. The minimum atomic E-state index is -1.19. The fourth-order valence-corrected chi connectivity index (χ4v) is 0.303. The molecule has 1 aliphatic rings. The largest absolute Gasteiger partial charge is 0.545 e. The minimum Gasteiger partial charge on any atom is -0.545 e. The molecule has 1 aliphatic heterocycles. The van der Waals surface area contributed by atoms with Crippen molar-refractivity contribution in [2.45, 2.75) is 6.92 Å². The van der Waals surface area contributed by atoms with Gasteiger partial charge in [-0.15, -0.1) is 0 Å². The molecule has 1 rings (SSSR count). The standard InChI is InChI=1S/C4H2O3.C4H6O2/c5-3-1-2-4(6)7-3;1-3(2)4(5)6/h1-2H;1H2,2H3,(H,5,6)/p-1. The van der Waals surface area contributed by atoms with Crippen molar-refractivity contribution < 1.29 is 24.2 Å². The number of rotatable bonds is 1. The van der Waals surface area contributed by atoms with Crippen LogP contribution in [0.2, 0.25) is 0 Å². The van der Waals surface area contributed by atoms with E-state index < -0.39 is 17.9 Å². The topological polar surface area (TPSA) is 83.5 Å². The molecule has 0 unspecified atom stereocenters. The van der Waals surface area contributed by atoms with E-state index in [1.54, 1.807) is 0 Å². The Labute approximate surface area is 74.3 Å². The zero-order valence-corrected chi connectivity index (χ0v) is 6.90. The molecule has 0 fully saturated rings. The summed E-state index contributed by atoms with van der Waals surface area (Å²) in [5, 5.41) is 9.49. The zero-order valence-electron chi connectivity index (χ0n) is 6.90. The van der Waals surface area contributed by atoms with Crippen molar-refractivity contribution in [2.24, 2.45) is 0 Å². The van der Waals surface area contributed by atoms with Crippen molar-refractivity contribution in [1.82, 2.24) is 0 Å². The van der Waals surface area contributed by atoms with Gasteiger partial charge in [0, 0.05) is 12.2 Å². The number of aliphatic carboxylic acids is 1. The normalized spacial score (nSPS) is 13.0. The highest BCUT2D eigenvalue weighted by atomic mass is 16.6. The first kappa shape index (κ1) is 11.1. The maximum Gasteiger partial charge on any atom is 0.338 e. The Morgan fingerprint density at radius 2 is 1.69 bits per heavy atom. The van der Waals surface area contributed by atoms with Gasteiger partial charge in [-0.25, -0.2) is 9.59 Å². The maximum atomic E-state index is 9.92. The van der Waals surface area contributed by atoms with E-state index in [1.807, 2.05) is 0 Å². The second-order valence-corrected chi connectivity index (χ2v) is 2.14. The second-order valence-electron chi connectivity index (χ2n) is 2.14. The van der Waals surface area contributed by atoms with Gasteiger partial charge < -0.3 is 14.6 Å². The van der Waals surface area contributed by atoms with Gasteiger partial charge in [-0.1, -0.05) is 6.58 Å². The van der Waals surface area contributed by atoms with Crippen molar-refractivity contribution in [3.8, 4) is 0 Å². The molecule has 0 radical (unpaired) electrons. The molecule has 70 valence electrons. The van der Waals surface area contributed by atoms with Crippen LogP contribution in [-0.2, 0) is 19.1 Å². The molecule has 5 nitrogen and oxygen atoms in total. The van der Waals surface area contributed by atoms with Crippen LogP contribution in [0.15, 0.2) is 24.3 Å². The van der Waals surface area contributed by atoms with Gasteiger partial charge in [0.1, 0.15) is 0 Å². The third-order valence-electron chi connectivity index (χ3n) is 0.905. The van der Waals surface area contributed by atoms with Crippen LogP contribution in [0.5, 0.6) is 0 Å². The van der Waals surface area contributed by atoms with Gasteiger partial charge in [0.15, 0.2) is 0 Å². The number of hydrogen-bond acceptors (Lipinski definition) is 5. The van der Waals surface area contributed by atoms with Crippen molar-refractivity contribution in [1.29, 1.82) is 0 Å². The molecule has 0 aromatic carbocycles. The van der Waals surface area contributed by atoms with Crippen molar-refractivity contribution >= 4 is 17.9 Å². The highest BCUT2D eigenvalue weighted by molar-refractivity contribution is 6.04. The summed E-state index contributed by atoms with van der Waals surface area (Å²) in [4.78, 5) is 29.3. The monoisotopic (exact) mass is 183 g/mol. The van der Waals surface area contributed by atoms with Gasteiger partial charge in [0.25, 0.3) is 0 Å². The van der Waals surface area contributed by atoms with Crippen LogP contribution in [0.4, 0.5) is 0 Å². The van der Waals surface area contributed by atoms with E-state index in [9.17, 15) is 19.5 Å². The Hall–Kier alpha value is -1.91. The summed E-state index contributed by atoms with van der Waals surface area (Å²) in [5.41, 5.74) is 0.0648. The lowest BCUT2D eigenvalue weighted by Gasteiger charge is -1.93. The fraction of sp³-hybridized carbons (Fsp3) is 0.125.